The third-order valence-electron chi connectivity index (χ3n) is 0.235. The van der Waals surface area contributed by atoms with E-state index in [1.807, 2.05) is 0 Å². The molecule has 0 aliphatic carbocycles. The standard InChI is InChI=1S/C3H6O2.Eu/c1-5-3-2-4;/h2H,3H2,1H3;. The van der Waals surface area contributed by atoms with Crippen molar-refractivity contribution < 1.29 is 58.9 Å². The van der Waals surface area contributed by atoms with Crippen LogP contribution in [0.3, 0.4) is 0 Å². The van der Waals surface area contributed by atoms with Crippen LogP contribution in [0.5, 0.6) is 0 Å². The molecular formula is C3H6EuO2. The first-order valence-corrected chi connectivity index (χ1v) is 1.34. The molecule has 0 heterocycles. The van der Waals surface area contributed by atoms with Crippen molar-refractivity contribution in [2.45, 2.75) is 0 Å². The summed E-state index contributed by atoms with van der Waals surface area (Å²) in [7, 11) is 1.48. The van der Waals surface area contributed by atoms with Crippen LogP contribution in [0.4, 0.5) is 0 Å². The van der Waals surface area contributed by atoms with Crippen molar-refractivity contribution in [1.82, 2.24) is 0 Å². The largest absolute Gasteiger partial charge is 0.377 e. The molecule has 0 saturated carbocycles. The van der Waals surface area contributed by atoms with Crippen molar-refractivity contribution >= 4 is 6.29 Å². The Morgan fingerprint density at radius 3 is 2.33 bits per heavy atom. The normalized spacial score (nSPS) is 6.17. The van der Waals surface area contributed by atoms with E-state index in [4.69, 9.17) is 0 Å². The molecule has 0 amide bonds. The number of ether oxygens (including phenoxy) is 1. The number of hydrogen-bond acceptors (Lipinski definition) is 2. The van der Waals surface area contributed by atoms with Gasteiger partial charge in [0, 0.05) is 56.5 Å². The molecule has 0 aliphatic rings. The van der Waals surface area contributed by atoms with Gasteiger partial charge >= 0.3 is 0 Å². The van der Waals surface area contributed by atoms with Crippen molar-refractivity contribution in [2.24, 2.45) is 0 Å². The van der Waals surface area contributed by atoms with E-state index in [-0.39, 0.29) is 56.0 Å². The van der Waals surface area contributed by atoms with Crippen LogP contribution >= 0.6 is 0 Å². The fourth-order valence-corrected chi connectivity index (χ4v) is 0.0680. The van der Waals surface area contributed by atoms with Gasteiger partial charge in [-0.3, -0.25) is 0 Å². The molecule has 0 rings (SSSR count). The van der Waals surface area contributed by atoms with Gasteiger partial charge in [0.1, 0.15) is 12.9 Å². The Kier molecular flexibility index (Phi) is 16.2. The Balaban J connectivity index is 0. The molecule has 3 heteroatoms. The van der Waals surface area contributed by atoms with Gasteiger partial charge in [0.15, 0.2) is 0 Å². The predicted octanol–water partition coefficient (Wildman–Crippen LogP) is -0.168. The smallest absolute Gasteiger partial charge is 0.145 e. The number of hydrogen-bond donors (Lipinski definition) is 0. The number of rotatable bonds is 2. The topological polar surface area (TPSA) is 26.3 Å². The quantitative estimate of drug-likeness (QED) is 0.611. The zero-order valence-electron chi connectivity index (χ0n) is 3.48. The Labute approximate surface area is 77.8 Å². The molecule has 0 atom stereocenters. The minimum atomic E-state index is 0. The van der Waals surface area contributed by atoms with Crippen LogP contribution in [0.1, 0.15) is 0 Å². The molecule has 0 aliphatic heterocycles. The van der Waals surface area contributed by atoms with E-state index in [0.717, 1.165) is 0 Å². The summed E-state index contributed by atoms with van der Waals surface area (Å²) >= 11 is 0. The van der Waals surface area contributed by atoms with E-state index in [1.165, 1.54) is 7.11 Å². The zero-order valence-corrected chi connectivity index (χ0v) is 5.90. The summed E-state index contributed by atoms with van der Waals surface area (Å²) in [5.41, 5.74) is 0. The predicted molar refractivity (Wildman–Crippen MR) is 17.9 cm³/mol. The van der Waals surface area contributed by atoms with E-state index in [1.54, 1.807) is 0 Å². The van der Waals surface area contributed by atoms with Gasteiger partial charge < -0.3 is 9.53 Å². The average Bonchev–Trinajstić information content (AvgIpc) is 1.41. The molecule has 0 aromatic heterocycles. The monoisotopic (exact) mass is 227 g/mol. The molecule has 1 radical (unpaired) electrons. The van der Waals surface area contributed by atoms with Crippen LogP contribution in [0.2, 0.25) is 0 Å². The second-order valence-electron chi connectivity index (χ2n) is 0.622. The van der Waals surface area contributed by atoms with Crippen molar-refractivity contribution in [1.29, 1.82) is 0 Å². The molecule has 0 aromatic carbocycles. The van der Waals surface area contributed by atoms with E-state index in [2.05, 4.69) is 4.74 Å². The van der Waals surface area contributed by atoms with Crippen LogP contribution in [-0.4, -0.2) is 20.0 Å². The summed E-state index contributed by atoms with van der Waals surface area (Å²) in [6.07, 6.45) is 0.708. The molecule has 0 fully saturated rings. The third kappa shape index (κ3) is 8.96. The van der Waals surface area contributed by atoms with Gasteiger partial charge in [-0.1, -0.05) is 0 Å². The summed E-state index contributed by atoms with van der Waals surface area (Å²) in [5, 5.41) is 0. The molecule has 0 unspecified atom stereocenters. The van der Waals surface area contributed by atoms with Gasteiger partial charge in [-0.05, 0) is 0 Å². The van der Waals surface area contributed by atoms with E-state index in [0.29, 0.717) is 6.29 Å². The Hall–Kier alpha value is 1.21. The molecular weight excluding hydrogens is 220 g/mol. The van der Waals surface area contributed by atoms with Crippen LogP contribution in [0.15, 0.2) is 0 Å². The zero-order chi connectivity index (χ0) is 4.12. The van der Waals surface area contributed by atoms with Crippen LogP contribution in [-0.2, 0) is 9.53 Å². The maximum Gasteiger partial charge on any atom is 0.145 e. The second kappa shape index (κ2) is 9.51. The average molecular weight is 226 g/mol. The molecule has 0 aromatic rings. The molecule has 0 N–H and O–H groups in total. The summed E-state index contributed by atoms with van der Waals surface area (Å²) in [5.74, 6) is 0. The third-order valence-corrected chi connectivity index (χ3v) is 0.235. The van der Waals surface area contributed by atoms with Crippen LogP contribution < -0.4 is 0 Å². The van der Waals surface area contributed by atoms with Crippen molar-refractivity contribution in [3.63, 3.8) is 0 Å². The number of methoxy groups -OCH3 is 1. The van der Waals surface area contributed by atoms with Crippen LogP contribution in [0, 0.1) is 49.4 Å². The Morgan fingerprint density at radius 1 is 1.83 bits per heavy atom. The van der Waals surface area contributed by atoms with Crippen molar-refractivity contribution in [3.8, 4) is 0 Å². The fourth-order valence-electron chi connectivity index (χ4n) is 0.0680. The molecule has 0 saturated heterocycles. The molecule has 2 nitrogen and oxygen atoms in total. The van der Waals surface area contributed by atoms with E-state index >= 15 is 0 Å². The first-order valence-electron chi connectivity index (χ1n) is 1.34. The fraction of sp³-hybridized carbons (Fsp3) is 0.667. The Morgan fingerprint density at radius 2 is 2.33 bits per heavy atom. The maximum atomic E-state index is 9.28. The second-order valence-corrected chi connectivity index (χ2v) is 0.622. The first kappa shape index (κ1) is 10.2. The van der Waals surface area contributed by atoms with E-state index < -0.39 is 0 Å². The molecule has 6 heavy (non-hydrogen) atoms. The van der Waals surface area contributed by atoms with Crippen molar-refractivity contribution in [2.75, 3.05) is 13.7 Å². The van der Waals surface area contributed by atoms with Crippen molar-refractivity contribution in [3.05, 3.63) is 0 Å². The molecule has 0 bridgehead atoms. The summed E-state index contributed by atoms with van der Waals surface area (Å²) in [6.45, 7) is 0.208. The number of aldehydes is 1. The summed E-state index contributed by atoms with van der Waals surface area (Å²) < 4.78 is 4.32. The van der Waals surface area contributed by atoms with Gasteiger partial charge in [-0.25, -0.2) is 0 Å². The van der Waals surface area contributed by atoms with E-state index in [9.17, 15) is 4.79 Å². The molecule has 0 spiro atoms. The summed E-state index contributed by atoms with van der Waals surface area (Å²) in [6, 6.07) is 0. The summed E-state index contributed by atoms with van der Waals surface area (Å²) in [4.78, 5) is 9.28. The van der Waals surface area contributed by atoms with Gasteiger partial charge in [0.25, 0.3) is 0 Å². The SMILES string of the molecule is COCC=O.[Eu]. The number of carbonyl (C=O) groups excluding carboxylic acids is 1. The van der Waals surface area contributed by atoms with Gasteiger partial charge in [-0.2, -0.15) is 0 Å². The van der Waals surface area contributed by atoms with Gasteiger partial charge in [-0.15, -0.1) is 0 Å². The molecule has 37 valence electrons. The van der Waals surface area contributed by atoms with Gasteiger partial charge in [0.05, 0.1) is 0 Å². The number of carbonyl (C=O) groups is 1. The first-order chi connectivity index (χ1) is 2.41. The van der Waals surface area contributed by atoms with Crippen LogP contribution in [0.25, 0.3) is 0 Å². The minimum Gasteiger partial charge on any atom is -0.377 e. The Bertz CT molecular complexity index is 30.0. The maximum absolute atomic E-state index is 9.28. The van der Waals surface area contributed by atoms with Gasteiger partial charge in [0.2, 0.25) is 0 Å². The minimum absolute atomic E-state index is 0.